The van der Waals surface area contributed by atoms with Crippen LogP contribution >= 0.6 is 11.3 Å². The number of pyridine rings is 1. The summed E-state index contributed by atoms with van der Waals surface area (Å²) >= 11 is 1.51. The highest BCUT2D eigenvalue weighted by Crippen LogP contribution is 2.27. The van der Waals surface area contributed by atoms with Crippen molar-refractivity contribution in [2.24, 2.45) is 5.92 Å². The molecule has 2 aromatic heterocycles. The number of amides is 1. The number of nitrogens with one attached hydrogen (secondary N) is 1. The Morgan fingerprint density at radius 2 is 2.26 bits per heavy atom. The molecule has 1 saturated carbocycles. The fourth-order valence-electron chi connectivity index (χ4n) is 2.96. The van der Waals surface area contributed by atoms with E-state index in [9.17, 15) is 9.90 Å². The van der Waals surface area contributed by atoms with Crippen molar-refractivity contribution >= 4 is 17.2 Å². The van der Waals surface area contributed by atoms with Crippen molar-refractivity contribution in [3.8, 4) is 10.6 Å². The van der Waals surface area contributed by atoms with Crippen molar-refractivity contribution in [1.82, 2.24) is 15.3 Å². The smallest absolute Gasteiger partial charge is 0.226 e. The lowest BCUT2D eigenvalue weighted by Crippen LogP contribution is -2.36. The maximum Gasteiger partial charge on any atom is 0.226 e. The van der Waals surface area contributed by atoms with Crippen LogP contribution < -0.4 is 5.32 Å². The molecule has 1 fully saturated rings. The van der Waals surface area contributed by atoms with Crippen LogP contribution in [-0.4, -0.2) is 33.6 Å². The lowest BCUT2D eigenvalue weighted by molar-refractivity contribution is -0.121. The zero-order chi connectivity index (χ0) is 16.1. The van der Waals surface area contributed by atoms with Crippen LogP contribution in [0.5, 0.6) is 0 Å². The predicted molar refractivity (Wildman–Crippen MR) is 90.0 cm³/mol. The molecule has 1 unspecified atom stereocenters. The summed E-state index contributed by atoms with van der Waals surface area (Å²) in [5.41, 5.74) is 1.71. The number of nitrogens with zero attached hydrogens (tertiary/aromatic N) is 2. The van der Waals surface area contributed by atoms with Crippen molar-refractivity contribution in [2.75, 3.05) is 6.54 Å². The molecule has 0 spiro atoms. The van der Waals surface area contributed by atoms with Crippen molar-refractivity contribution in [3.63, 3.8) is 0 Å². The maximum absolute atomic E-state index is 12.0. The topological polar surface area (TPSA) is 75.1 Å². The van der Waals surface area contributed by atoms with Gasteiger partial charge in [-0.1, -0.05) is 12.8 Å². The second kappa shape index (κ2) is 7.66. The van der Waals surface area contributed by atoms with Crippen molar-refractivity contribution in [2.45, 2.75) is 38.2 Å². The van der Waals surface area contributed by atoms with Crippen molar-refractivity contribution < 1.29 is 9.90 Å². The fraction of sp³-hybridized carbons (Fsp3) is 0.471. The van der Waals surface area contributed by atoms with Gasteiger partial charge in [-0.15, -0.1) is 11.3 Å². The van der Waals surface area contributed by atoms with E-state index >= 15 is 0 Å². The van der Waals surface area contributed by atoms with Crippen LogP contribution in [0.15, 0.2) is 29.9 Å². The highest BCUT2D eigenvalue weighted by atomic mass is 32.1. The molecule has 1 amide bonds. The van der Waals surface area contributed by atoms with Gasteiger partial charge in [-0.3, -0.25) is 9.78 Å². The Bertz CT molecular complexity index is 638. The van der Waals surface area contributed by atoms with Crippen molar-refractivity contribution in [3.05, 3.63) is 35.6 Å². The van der Waals surface area contributed by atoms with Gasteiger partial charge in [0.2, 0.25) is 5.91 Å². The molecular formula is C17H21N3O2S. The summed E-state index contributed by atoms with van der Waals surface area (Å²) in [4.78, 5) is 20.6. The lowest BCUT2D eigenvalue weighted by Gasteiger charge is -2.17. The molecule has 2 heterocycles. The molecule has 3 rings (SSSR count). The summed E-state index contributed by atoms with van der Waals surface area (Å²) in [6.07, 6.45) is 7.81. The van der Waals surface area contributed by atoms with Gasteiger partial charge in [0, 0.05) is 29.9 Å². The van der Waals surface area contributed by atoms with Gasteiger partial charge in [-0.25, -0.2) is 4.98 Å². The third-order valence-electron chi connectivity index (χ3n) is 4.25. The lowest BCUT2D eigenvalue weighted by atomic mass is 10.0. The standard InChI is InChI=1S/C17H21N3O2S/c21-15(12-4-1-2-5-12)10-19-16(22)8-14-11-23-17(20-14)13-6-3-7-18-9-13/h3,6-7,9,11-12,15,21H,1-2,4-5,8,10H2,(H,19,22). The Kier molecular flexibility index (Phi) is 5.35. The van der Waals surface area contributed by atoms with Gasteiger partial charge in [-0.05, 0) is 30.9 Å². The Hall–Kier alpha value is -1.79. The number of carbonyl (C=O) groups is 1. The molecular weight excluding hydrogens is 310 g/mol. The molecule has 1 atom stereocenters. The Balaban J connectivity index is 1.49. The van der Waals surface area contributed by atoms with Crippen LogP contribution in [0.4, 0.5) is 0 Å². The summed E-state index contributed by atoms with van der Waals surface area (Å²) in [6, 6.07) is 3.82. The number of carbonyl (C=O) groups excluding carboxylic acids is 1. The van der Waals surface area contributed by atoms with Gasteiger partial charge in [0.15, 0.2) is 0 Å². The first-order valence-corrected chi connectivity index (χ1v) is 8.90. The van der Waals surface area contributed by atoms with E-state index in [1.54, 1.807) is 12.4 Å². The molecule has 2 aromatic rings. The third kappa shape index (κ3) is 4.36. The van der Waals surface area contributed by atoms with Gasteiger partial charge in [0.1, 0.15) is 5.01 Å². The van der Waals surface area contributed by atoms with Gasteiger partial charge in [0.25, 0.3) is 0 Å². The minimum absolute atomic E-state index is 0.0925. The number of hydrogen-bond acceptors (Lipinski definition) is 5. The van der Waals surface area contributed by atoms with Gasteiger partial charge >= 0.3 is 0 Å². The molecule has 0 bridgehead atoms. The van der Waals surface area contributed by atoms with Crippen LogP contribution in [-0.2, 0) is 11.2 Å². The molecule has 1 aliphatic carbocycles. The molecule has 2 N–H and O–H groups in total. The summed E-state index contributed by atoms with van der Waals surface area (Å²) in [5, 5.41) is 15.7. The number of aromatic nitrogens is 2. The molecule has 0 radical (unpaired) electrons. The molecule has 23 heavy (non-hydrogen) atoms. The minimum atomic E-state index is -0.428. The van der Waals surface area contributed by atoms with Crippen LogP contribution in [0, 0.1) is 5.92 Å². The van der Waals surface area contributed by atoms with E-state index in [-0.39, 0.29) is 12.3 Å². The SMILES string of the molecule is O=C(Cc1csc(-c2cccnc2)n1)NCC(O)C1CCCC1. The first-order valence-electron chi connectivity index (χ1n) is 8.02. The van der Waals surface area contributed by atoms with Gasteiger partial charge in [0.05, 0.1) is 18.2 Å². The number of hydrogen-bond donors (Lipinski definition) is 2. The third-order valence-corrected chi connectivity index (χ3v) is 5.19. The maximum atomic E-state index is 12.0. The molecule has 1 aliphatic rings. The fourth-order valence-corrected chi connectivity index (χ4v) is 3.77. The first kappa shape index (κ1) is 16.1. The second-order valence-corrected chi connectivity index (χ2v) is 6.84. The first-order chi connectivity index (χ1) is 11.2. The van der Waals surface area contributed by atoms with Gasteiger partial charge < -0.3 is 10.4 Å². The number of aliphatic hydroxyl groups excluding tert-OH is 1. The van der Waals surface area contributed by atoms with Crippen LogP contribution in [0.2, 0.25) is 0 Å². The highest BCUT2D eigenvalue weighted by Gasteiger charge is 2.23. The number of thiazole rings is 1. The van der Waals surface area contributed by atoms with Gasteiger partial charge in [-0.2, -0.15) is 0 Å². The van der Waals surface area contributed by atoms with E-state index in [1.165, 1.54) is 24.2 Å². The van der Waals surface area contributed by atoms with Crippen LogP contribution in [0.25, 0.3) is 10.6 Å². The van der Waals surface area contributed by atoms with Crippen LogP contribution in [0.1, 0.15) is 31.4 Å². The summed E-state index contributed by atoms with van der Waals surface area (Å²) in [6.45, 7) is 0.336. The zero-order valence-corrected chi connectivity index (χ0v) is 13.8. The normalized spacial score (nSPS) is 16.4. The summed E-state index contributed by atoms with van der Waals surface area (Å²) < 4.78 is 0. The number of rotatable bonds is 6. The Morgan fingerprint density at radius 1 is 1.43 bits per heavy atom. The molecule has 0 saturated heterocycles. The molecule has 5 nitrogen and oxygen atoms in total. The van der Waals surface area contributed by atoms with E-state index in [4.69, 9.17) is 0 Å². The molecule has 122 valence electrons. The zero-order valence-electron chi connectivity index (χ0n) is 12.9. The molecule has 0 aliphatic heterocycles. The van der Waals surface area contributed by atoms with Crippen molar-refractivity contribution in [1.29, 1.82) is 0 Å². The van der Waals surface area contributed by atoms with Crippen LogP contribution in [0.3, 0.4) is 0 Å². The average molecular weight is 331 g/mol. The largest absolute Gasteiger partial charge is 0.391 e. The Labute approximate surface area is 139 Å². The molecule has 0 aromatic carbocycles. The minimum Gasteiger partial charge on any atom is -0.391 e. The predicted octanol–water partition coefficient (Wildman–Crippen LogP) is 2.41. The monoisotopic (exact) mass is 331 g/mol. The number of aliphatic hydroxyl groups is 1. The van der Waals surface area contributed by atoms with E-state index in [2.05, 4.69) is 15.3 Å². The average Bonchev–Trinajstić information content (AvgIpc) is 3.25. The molecule has 6 heteroatoms. The summed E-state index contributed by atoms with van der Waals surface area (Å²) in [5.74, 6) is 0.247. The Morgan fingerprint density at radius 3 is 3.00 bits per heavy atom. The quantitative estimate of drug-likeness (QED) is 0.852. The summed E-state index contributed by atoms with van der Waals surface area (Å²) in [7, 11) is 0. The highest BCUT2D eigenvalue weighted by molar-refractivity contribution is 7.13. The van der Waals surface area contributed by atoms with E-state index in [0.717, 1.165) is 29.1 Å². The van der Waals surface area contributed by atoms with E-state index < -0.39 is 6.10 Å². The van der Waals surface area contributed by atoms with E-state index in [1.807, 2.05) is 17.5 Å². The second-order valence-electron chi connectivity index (χ2n) is 5.98. The van der Waals surface area contributed by atoms with E-state index in [0.29, 0.717) is 12.5 Å².